The summed E-state index contributed by atoms with van der Waals surface area (Å²) in [5, 5.41) is 0. The molecule has 1 aromatic heterocycles. The number of halogens is 1. The molecule has 4 nitrogen and oxygen atoms in total. The van der Waals surface area contributed by atoms with E-state index in [1.165, 1.54) is 0 Å². The first-order valence-electron chi connectivity index (χ1n) is 5.93. The maximum Gasteiger partial charge on any atom is 0.250 e. The van der Waals surface area contributed by atoms with Crippen molar-refractivity contribution in [2.45, 2.75) is 24.1 Å². The number of nitrogens with two attached hydrogens (primary N) is 1. The summed E-state index contributed by atoms with van der Waals surface area (Å²) in [5.74, 6) is 0. The largest absolute Gasteiger partial charge is 0.399 e. The number of nitrogen functional groups attached to an aromatic ring is 1. The summed E-state index contributed by atoms with van der Waals surface area (Å²) in [5.41, 5.74) is 7.87. The van der Waals surface area contributed by atoms with Gasteiger partial charge >= 0.3 is 0 Å². The van der Waals surface area contributed by atoms with Crippen LogP contribution in [0.1, 0.15) is 24.1 Å². The molecule has 0 aliphatic carbocycles. The Hall–Kier alpha value is -1.08. The van der Waals surface area contributed by atoms with E-state index in [1.54, 1.807) is 44.2 Å². The molecule has 1 heterocycles. The van der Waals surface area contributed by atoms with Gasteiger partial charge in [-0.05, 0) is 43.2 Å². The van der Waals surface area contributed by atoms with Crippen molar-refractivity contribution in [1.82, 2.24) is 4.72 Å². The molecule has 0 fully saturated rings. The molecule has 1 aromatic carbocycles. The Kier molecular flexibility index (Phi) is 4.39. The Labute approximate surface area is 127 Å². The lowest BCUT2D eigenvalue weighted by Crippen LogP contribution is -2.26. The quantitative estimate of drug-likeness (QED) is 0.844. The highest BCUT2D eigenvalue weighted by Crippen LogP contribution is 2.30. The van der Waals surface area contributed by atoms with E-state index in [2.05, 4.69) is 4.72 Å². The van der Waals surface area contributed by atoms with Crippen LogP contribution in [-0.4, -0.2) is 8.42 Å². The average Bonchev–Trinajstić information content (AvgIpc) is 2.71. The van der Waals surface area contributed by atoms with Crippen LogP contribution in [0.3, 0.4) is 0 Å². The summed E-state index contributed by atoms with van der Waals surface area (Å²) in [7, 11) is -3.57. The Balaban J connectivity index is 2.21. The van der Waals surface area contributed by atoms with Crippen molar-refractivity contribution in [2.24, 2.45) is 0 Å². The Morgan fingerprint density at radius 3 is 2.40 bits per heavy atom. The number of thiophene rings is 1. The third kappa shape index (κ3) is 3.32. The SMILES string of the molecule is Cc1cc(S(=O)(=O)NC(C)c2ccc(N)cc2)sc1Cl. The molecule has 108 valence electrons. The summed E-state index contributed by atoms with van der Waals surface area (Å²) in [6, 6.07) is 8.32. The molecule has 0 amide bonds. The molecule has 2 aromatic rings. The van der Waals surface area contributed by atoms with E-state index >= 15 is 0 Å². The zero-order valence-corrected chi connectivity index (χ0v) is 13.4. The van der Waals surface area contributed by atoms with Crippen molar-refractivity contribution in [3.05, 3.63) is 45.8 Å². The lowest BCUT2D eigenvalue weighted by atomic mass is 10.1. The highest BCUT2D eigenvalue weighted by Gasteiger charge is 2.21. The molecule has 7 heteroatoms. The summed E-state index contributed by atoms with van der Waals surface area (Å²) in [4.78, 5) is 0. The fourth-order valence-electron chi connectivity index (χ4n) is 1.71. The van der Waals surface area contributed by atoms with E-state index in [1.807, 2.05) is 0 Å². The van der Waals surface area contributed by atoms with Crippen LogP contribution in [0.4, 0.5) is 5.69 Å². The number of benzene rings is 1. The highest BCUT2D eigenvalue weighted by atomic mass is 35.5. The number of hydrogen-bond acceptors (Lipinski definition) is 4. The molecule has 3 N–H and O–H groups in total. The van der Waals surface area contributed by atoms with Crippen LogP contribution in [0.2, 0.25) is 4.34 Å². The van der Waals surface area contributed by atoms with Gasteiger partial charge in [-0.2, -0.15) is 0 Å². The molecular weight excluding hydrogens is 316 g/mol. The van der Waals surface area contributed by atoms with Crippen molar-refractivity contribution < 1.29 is 8.42 Å². The molecule has 0 saturated carbocycles. The van der Waals surface area contributed by atoms with Crippen molar-refractivity contribution >= 4 is 38.6 Å². The van der Waals surface area contributed by atoms with E-state index in [9.17, 15) is 8.42 Å². The second-order valence-electron chi connectivity index (χ2n) is 4.53. The zero-order valence-electron chi connectivity index (χ0n) is 11.1. The molecule has 1 unspecified atom stereocenters. The number of rotatable bonds is 4. The minimum atomic E-state index is -3.57. The predicted octanol–water partition coefficient (Wildman–Crippen LogP) is 3.33. The van der Waals surface area contributed by atoms with Crippen LogP contribution in [0.5, 0.6) is 0 Å². The van der Waals surface area contributed by atoms with Crippen molar-refractivity contribution in [3.63, 3.8) is 0 Å². The van der Waals surface area contributed by atoms with Gasteiger partial charge in [0.15, 0.2) is 0 Å². The zero-order chi connectivity index (χ0) is 14.9. The monoisotopic (exact) mass is 330 g/mol. The second-order valence-corrected chi connectivity index (χ2v) is 8.13. The highest BCUT2D eigenvalue weighted by molar-refractivity contribution is 7.91. The van der Waals surface area contributed by atoms with Gasteiger partial charge in [-0.1, -0.05) is 23.7 Å². The Morgan fingerprint density at radius 1 is 1.30 bits per heavy atom. The van der Waals surface area contributed by atoms with E-state index in [0.29, 0.717) is 10.0 Å². The van der Waals surface area contributed by atoms with Crippen molar-refractivity contribution in [2.75, 3.05) is 5.73 Å². The lowest BCUT2D eigenvalue weighted by Gasteiger charge is -2.13. The van der Waals surface area contributed by atoms with Crippen LogP contribution in [0, 0.1) is 6.92 Å². The first-order chi connectivity index (χ1) is 9.29. The maximum absolute atomic E-state index is 12.3. The number of aryl methyl sites for hydroxylation is 1. The number of anilines is 1. The molecule has 0 spiro atoms. The topological polar surface area (TPSA) is 72.2 Å². The first-order valence-corrected chi connectivity index (χ1v) is 8.61. The third-order valence-corrected chi connectivity index (χ3v) is 6.44. The van der Waals surface area contributed by atoms with Crippen LogP contribution in [-0.2, 0) is 10.0 Å². The van der Waals surface area contributed by atoms with Gasteiger partial charge in [-0.3, -0.25) is 0 Å². The molecular formula is C13H15ClN2O2S2. The Bertz CT molecular complexity index is 689. The lowest BCUT2D eigenvalue weighted by molar-refractivity contribution is 0.569. The van der Waals surface area contributed by atoms with Gasteiger partial charge in [-0.15, -0.1) is 11.3 Å². The average molecular weight is 331 g/mol. The van der Waals surface area contributed by atoms with Crippen molar-refractivity contribution in [3.8, 4) is 0 Å². The van der Waals surface area contributed by atoms with Gasteiger partial charge in [0.1, 0.15) is 4.21 Å². The van der Waals surface area contributed by atoms with Gasteiger partial charge in [0.25, 0.3) is 10.0 Å². The number of hydrogen-bond donors (Lipinski definition) is 2. The molecule has 0 aliphatic rings. The minimum absolute atomic E-state index is 0.224. The van der Waals surface area contributed by atoms with Gasteiger partial charge < -0.3 is 5.73 Å². The van der Waals surface area contributed by atoms with Crippen molar-refractivity contribution in [1.29, 1.82) is 0 Å². The van der Waals surface area contributed by atoms with Crippen LogP contribution in [0.15, 0.2) is 34.5 Å². The Morgan fingerprint density at radius 2 is 1.90 bits per heavy atom. The first kappa shape index (κ1) is 15.3. The smallest absolute Gasteiger partial charge is 0.250 e. The fourth-order valence-corrected chi connectivity index (χ4v) is 4.66. The third-order valence-electron chi connectivity index (χ3n) is 2.87. The predicted molar refractivity (Wildman–Crippen MR) is 83.7 cm³/mol. The summed E-state index contributed by atoms with van der Waals surface area (Å²) < 4.78 is 27.9. The normalized spacial score (nSPS) is 13.3. The summed E-state index contributed by atoms with van der Waals surface area (Å²) in [6.45, 7) is 3.56. The van der Waals surface area contributed by atoms with Gasteiger partial charge in [0.2, 0.25) is 0 Å². The van der Waals surface area contributed by atoms with E-state index in [0.717, 1.165) is 22.5 Å². The fraction of sp³-hybridized carbons (Fsp3) is 0.231. The number of sulfonamides is 1. The van der Waals surface area contributed by atoms with E-state index < -0.39 is 10.0 Å². The van der Waals surface area contributed by atoms with Gasteiger partial charge in [0.05, 0.1) is 4.34 Å². The van der Waals surface area contributed by atoms with Crippen LogP contribution in [0.25, 0.3) is 0 Å². The molecule has 1 atom stereocenters. The standard InChI is InChI=1S/C13H15ClN2O2S2/c1-8-7-12(19-13(8)14)20(17,18)16-9(2)10-3-5-11(15)6-4-10/h3-7,9,16H,15H2,1-2H3. The summed E-state index contributed by atoms with van der Waals surface area (Å²) >= 11 is 6.97. The molecule has 0 saturated heterocycles. The van der Waals surface area contributed by atoms with Crippen LogP contribution >= 0.6 is 22.9 Å². The molecule has 0 bridgehead atoms. The molecule has 2 rings (SSSR count). The minimum Gasteiger partial charge on any atom is -0.399 e. The number of nitrogens with one attached hydrogen (secondary N) is 1. The van der Waals surface area contributed by atoms with Gasteiger partial charge in [-0.25, -0.2) is 13.1 Å². The summed E-state index contributed by atoms with van der Waals surface area (Å²) in [6.07, 6.45) is 0. The molecule has 0 radical (unpaired) electrons. The van der Waals surface area contributed by atoms with Gasteiger partial charge in [0, 0.05) is 11.7 Å². The van der Waals surface area contributed by atoms with E-state index in [-0.39, 0.29) is 10.3 Å². The molecule has 20 heavy (non-hydrogen) atoms. The maximum atomic E-state index is 12.3. The van der Waals surface area contributed by atoms with E-state index in [4.69, 9.17) is 17.3 Å². The second kappa shape index (κ2) is 5.73. The van der Waals surface area contributed by atoms with Crippen LogP contribution < -0.4 is 10.5 Å². The molecule has 0 aliphatic heterocycles.